The number of halogens is 1. The van der Waals surface area contributed by atoms with E-state index >= 15 is 0 Å². The van der Waals surface area contributed by atoms with Gasteiger partial charge in [-0.05, 0) is 13.3 Å². The molecule has 0 radical (unpaired) electrons. The van der Waals surface area contributed by atoms with E-state index in [4.69, 9.17) is 4.55 Å². The third kappa shape index (κ3) is 2.70. The molecule has 14 heavy (non-hydrogen) atoms. The molecular weight excluding hydrogens is 228 g/mol. The summed E-state index contributed by atoms with van der Waals surface area (Å²) in [4.78, 5) is 0. The minimum Gasteiger partial charge on any atom is -0.281 e. The van der Waals surface area contributed by atoms with Crippen molar-refractivity contribution in [3.8, 4) is 0 Å². The van der Waals surface area contributed by atoms with Gasteiger partial charge in [0.2, 0.25) is 0 Å². The highest BCUT2D eigenvalue weighted by Gasteiger charge is 2.17. The molecule has 5 nitrogen and oxygen atoms in total. The second-order valence-corrected chi connectivity index (χ2v) is 3.99. The minimum absolute atomic E-state index is 0. The van der Waals surface area contributed by atoms with Gasteiger partial charge < -0.3 is 0 Å². The van der Waals surface area contributed by atoms with Crippen LogP contribution in [-0.2, 0) is 23.1 Å². The second kappa shape index (κ2) is 4.77. The number of rotatable bonds is 3. The van der Waals surface area contributed by atoms with Crippen molar-refractivity contribution in [3.05, 3.63) is 11.8 Å². The maximum Gasteiger partial charge on any atom is 0.311 e. The standard InChI is InChI=1S/C7H12N2O3S.ClH/c1-3-6-5-7(13(10,11)12)9(4-2)8-6;/h5H,3-4H2,1-2H3,(H,10,11,12);1H. The molecule has 0 aliphatic carbocycles. The van der Waals surface area contributed by atoms with Crippen molar-refractivity contribution >= 4 is 22.5 Å². The molecule has 1 rings (SSSR count). The van der Waals surface area contributed by atoms with E-state index < -0.39 is 10.1 Å². The summed E-state index contributed by atoms with van der Waals surface area (Å²) in [5.41, 5.74) is 0.662. The van der Waals surface area contributed by atoms with E-state index in [-0.39, 0.29) is 17.4 Å². The summed E-state index contributed by atoms with van der Waals surface area (Å²) in [6.45, 7) is 4.06. The fraction of sp³-hybridized carbons (Fsp3) is 0.571. The lowest BCUT2D eigenvalue weighted by atomic mass is 10.3. The van der Waals surface area contributed by atoms with E-state index in [1.807, 2.05) is 6.92 Å². The Balaban J connectivity index is 0.00000169. The lowest BCUT2D eigenvalue weighted by Gasteiger charge is -1.99. The van der Waals surface area contributed by atoms with Crippen LogP contribution < -0.4 is 0 Å². The van der Waals surface area contributed by atoms with Crippen LogP contribution in [0, 0.1) is 0 Å². The van der Waals surface area contributed by atoms with Crippen molar-refractivity contribution in [1.82, 2.24) is 9.78 Å². The van der Waals surface area contributed by atoms with Crippen LogP contribution in [0.1, 0.15) is 19.5 Å². The van der Waals surface area contributed by atoms with Crippen LogP contribution in [0.3, 0.4) is 0 Å². The molecule has 7 heteroatoms. The zero-order chi connectivity index (χ0) is 10.1. The van der Waals surface area contributed by atoms with Crippen molar-refractivity contribution in [1.29, 1.82) is 0 Å². The van der Waals surface area contributed by atoms with Crippen LogP contribution >= 0.6 is 12.4 Å². The van der Waals surface area contributed by atoms with Crippen LogP contribution in [-0.4, -0.2) is 22.8 Å². The van der Waals surface area contributed by atoms with Gasteiger partial charge in [-0.3, -0.25) is 9.23 Å². The first-order chi connectivity index (χ1) is 5.99. The van der Waals surface area contributed by atoms with Gasteiger partial charge in [-0.25, -0.2) is 0 Å². The Morgan fingerprint density at radius 2 is 2.07 bits per heavy atom. The molecule has 1 aromatic rings. The molecule has 1 N–H and O–H groups in total. The predicted molar refractivity (Wildman–Crippen MR) is 54.3 cm³/mol. The van der Waals surface area contributed by atoms with Crippen LogP contribution in [0.15, 0.2) is 11.1 Å². The van der Waals surface area contributed by atoms with Gasteiger partial charge in [0.1, 0.15) is 0 Å². The molecule has 0 saturated heterocycles. The zero-order valence-corrected chi connectivity index (χ0v) is 9.60. The highest BCUT2D eigenvalue weighted by atomic mass is 35.5. The number of aryl methyl sites for hydroxylation is 2. The first kappa shape index (κ1) is 13.4. The lowest BCUT2D eigenvalue weighted by molar-refractivity contribution is 0.463. The van der Waals surface area contributed by atoms with Gasteiger partial charge in [-0.1, -0.05) is 6.92 Å². The average molecular weight is 241 g/mol. The molecule has 0 amide bonds. The smallest absolute Gasteiger partial charge is 0.281 e. The molecule has 0 aliphatic heterocycles. The summed E-state index contributed by atoms with van der Waals surface area (Å²) in [5.74, 6) is 0. The highest BCUT2D eigenvalue weighted by Crippen LogP contribution is 2.11. The summed E-state index contributed by atoms with van der Waals surface area (Å²) in [6.07, 6.45) is 0.648. The molecule has 0 bridgehead atoms. The van der Waals surface area contributed by atoms with Crippen LogP contribution in [0.5, 0.6) is 0 Å². The fourth-order valence-electron chi connectivity index (χ4n) is 1.06. The molecule has 0 saturated carbocycles. The van der Waals surface area contributed by atoms with E-state index in [0.717, 1.165) is 0 Å². The van der Waals surface area contributed by atoms with E-state index in [1.54, 1.807) is 6.92 Å². The van der Waals surface area contributed by atoms with E-state index in [9.17, 15) is 8.42 Å². The first-order valence-electron chi connectivity index (χ1n) is 4.03. The SMILES string of the molecule is CCc1cc(S(=O)(=O)O)n(CC)n1.Cl. The van der Waals surface area contributed by atoms with Gasteiger partial charge in [0.05, 0.1) is 5.69 Å². The Hall–Kier alpha value is -0.590. The summed E-state index contributed by atoms with van der Waals surface area (Å²) < 4.78 is 31.8. The van der Waals surface area contributed by atoms with E-state index in [0.29, 0.717) is 18.7 Å². The molecule has 0 spiro atoms. The molecule has 82 valence electrons. The number of aromatic nitrogens is 2. The van der Waals surface area contributed by atoms with Crippen molar-refractivity contribution in [2.75, 3.05) is 0 Å². The molecule has 0 fully saturated rings. The predicted octanol–water partition coefficient (Wildman–Crippen LogP) is 1.13. The summed E-state index contributed by atoms with van der Waals surface area (Å²) in [7, 11) is -4.13. The monoisotopic (exact) mass is 240 g/mol. The topological polar surface area (TPSA) is 72.2 Å². The third-order valence-electron chi connectivity index (χ3n) is 1.72. The van der Waals surface area contributed by atoms with Gasteiger partial charge >= 0.3 is 10.1 Å². The Morgan fingerprint density at radius 3 is 2.36 bits per heavy atom. The number of nitrogens with zero attached hydrogens (tertiary/aromatic N) is 2. The molecule has 1 aromatic heterocycles. The summed E-state index contributed by atoms with van der Waals surface area (Å²) >= 11 is 0. The normalized spacial score (nSPS) is 11.1. The average Bonchev–Trinajstić information content (AvgIpc) is 2.46. The Morgan fingerprint density at radius 1 is 1.50 bits per heavy atom. The number of hydrogen-bond donors (Lipinski definition) is 1. The van der Waals surface area contributed by atoms with Crippen molar-refractivity contribution in [3.63, 3.8) is 0 Å². The van der Waals surface area contributed by atoms with Crippen molar-refractivity contribution < 1.29 is 13.0 Å². The number of hydrogen-bond acceptors (Lipinski definition) is 3. The van der Waals surface area contributed by atoms with Gasteiger partial charge in [0.15, 0.2) is 5.03 Å². The van der Waals surface area contributed by atoms with E-state index in [2.05, 4.69) is 5.10 Å². The van der Waals surface area contributed by atoms with Crippen molar-refractivity contribution in [2.45, 2.75) is 31.8 Å². The zero-order valence-electron chi connectivity index (χ0n) is 7.97. The fourth-order valence-corrected chi connectivity index (χ4v) is 1.78. The van der Waals surface area contributed by atoms with E-state index in [1.165, 1.54) is 10.7 Å². The third-order valence-corrected chi connectivity index (χ3v) is 2.58. The van der Waals surface area contributed by atoms with Crippen molar-refractivity contribution in [2.24, 2.45) is 0 Å². The van der Waals surface area contributed by atoms with Gasteiger partial charge in [-0.15, -0.1) is 12.4 Å². The van der Waals surface area contributed by atoms with Gasteiger partial charge in [0.25, 0.3) is 0 Å². The highest BCUT2D eigenvalue weighted by molar-refractivity contribution is 7.85. The quantitative estimate of drug-likeness (QED) is 0.804. The Kier molecular flexibility index (Phi) is 4.57. The summed E-state index contributed by atoms with van der Waals surface area (Å²) in [5, 5.41) is 3.86. The maximum atomic E-state index is 10.8. The van der Waals surface area contributed by atoms with Crippen LogP contribution in [0.25, 0.3) is 0 Å². The lowest BCUT2D eigenvalue weighted by Crippen LogP contribution is -2.08. The maximum absolute atomic E-state index is 10.8. The minimum atomic E-state index is -4.13. The van der Waals surface area contributed by atoms with Crippen LogP contribution in [0.2, 0.25) is 0 Å². The molecule has 0 aromatic carbocycles. The first-order valence-corrected chi connectivity index (χ1v) is 5.47. The Labute approximate surface area is 89.3 Å². The van der Waals surface area contributed by atoms with Crippen LogP contribution in [0.4, 0.5) is 0 Å². The second-order valence-electron chi connectivity index (χ2n) is 2.62. The molecular formula is C7H13ClN2O3S. The molecule has 1 heterocycles. The Bertz CT molecular complexity index is 399. The largest absolute Gasteiger partial charge is 0.311 e. The van der Waals surface area contributed by atoms with Gasteiger partial charge in [-0.2, -0.15) is 13.5 Å². The molecule has 0 unspecified atom stereocenters. The molecule has 0 aliphatic rings. The molecule has 0 atom stereocenters. The van der Waals surface area contributed by atoms with Gasteiger partial charge in [0, 0.05) is 12.6 Å². The summed E-state index contributed by atoms with van der Waals surface area (Å²) in [6, 6.07) is 1.39.